The lowest BCUT2D eigenvalue weighted by atomic mass is 10.1. The molecule has 200 valence electrons. The van der Waals surface area contributed by atoms with Gasteiger partial charge >= 0.3 is 0 Å². The van der Waals surface area contributed by atoms with Crippen LogP contribution in [0.1, 0.15) is 32.4 Å². The average Bonchev–Trinajstić information content (AvgIpc) is 3.52. The van der Waals surface area contributed by atoms with Crippen LogP contribution in [-0.2, 0) is 27.8 Å². The molecule has 0 aliphatic carbocycles. The minimum absolute atomic E-state index is 0.0280. The number of sulfonamides is 1. The molecule has 2 aliphatic rings. The van der Waals surface area contributed by atoms with Gasteiger partial charge in [-0.3, -0.25) is 9.59 Å². The van der Waals surface area contributed by atoms with E-state index in [-0.39, 0.29) is 47.9 Å². The van der Waals surface area contributed by atoms with Gasteiger partial charge in [-0.15, -0.1) is 17.8 Å². The van der Waals surface area contributed by atoms with E-state index in [0.717, 1.165) is 10.6 Å². The minimum atomic E-state index is -3.94. The summed E-state index contributed by atoms with van der Waals surface area (Å²) in [6.45, 7) is 0.900. The lowest BCUT2D eigenvalue weighted by Gasteiger charge is -2.40. The van der Waals surface area contributed by atoms with Crippen molar-refractivity contribution in [2.24, 2.45) is 0 Å². The summed E-state index contributed by atoms with van der Waals surface area (Å²) in [5.41, 5.74) is 2.08. The van der Waals surface area contributed by atoms with Crippen LogP contribution in [-0.4, -0.2) is 101 Å². The summed E-state index contributed by atoms with van der Waals surface area (Å²) in [7, 11) is -0.695. The number of hydrogen-bond acceptors (Lipinski definition) is 8. The summed E-state index contributed by atoms with van der Waals surface area (Å²) in [5.74, 6) is 1.99. The zero-order valence-electron chi connectivity index (χ0n) is 21.0. The van der Waals surface area contributed by atoms with Gasteiger partial charge in [-0.25, -0.2) is 13.4 Å². The largest absolute Gasteiger partial charge is 0.349 e. The monoisotopic (exact) mass is 556 g/mol. The van der Waals surface area contributed by atoms with Crippen LogP contribution in [0, 0.1) is 12.3 Å². The van der Waals surface area contributed by atoms with Crippen LogP contribution in [0.5, 0.6) is 0 Å². The number of benzene rings is 1. The van der Waals surface area contributed by atoms with Gasteiger partial charge < -0.3 is 20.0 Å². The first-order valence-corrected chi connectivity index (χ1v) is 14.4. The van der Waals surface area contributed by atoms with Crippen molar-refractivity contribution in [2.75, 3.05) is 40.3 Å². The number of H-pyrrole nitrogens is 1. The number of nitrogens with one attached hydrogen (secondary N) is 1. The molecular weight excluding hydrogens is 528 g/mol. The summed E-state index contributed by atoms with van der Waals surface area (Å²) < 4.78 is 28.5. The molecule has 0 bridgehead atoms. The van der Waals surface area contributed by atoms with E-state index in [0.29, 0.717) is 36.0 Å². The Hall–Kier alpha value is -3.28. The third-order valence-electron chi connectivity index (χ3n) is 6.89. The maximum Gasteiger partial charge on any atom is 0.283 e. The maximum absolute atomic E-state index is 13.6. The van der Waals surface area contributed by atoms with Crippen molar-refractivity contribution in [3.8, 4) is 12.3 Å². The molecule has 3 aromatic rings. The van der Waals surface area contributed by atoms with E-state index in [9.17, 15) is 23.2 Å². The van der Waals surface area contributed by atoms with Gasteiger partial charge in [0.2, 0.25) is 5.91 Å². The summed E-state index contributed by atoms with van der Waals surface area (Å²) in [6.07, 6.45) is 5.98. The Morgan fingerprint density at radius 2 is 2.05 bits per heavy atom. The highest BCUT2D eigenvalue weighted by Gasteiger charge is 2.39. The molecule has 1 atom stereocenters. The number of hydroxylamine groups is 2. The fourth-order valence-corrected chi connectivity index (χ4v) is 7.30. The topological polar surface area (TPSA) is 130 Å². The van der Waals surface area contributed by atoms with E-state index in [4.69, 9.17) is 6.42 Å². The third kappa shape index (κ3) is 4.93. The van der Waals surface area contributed by atoms with E-state index >= 15 is 0 Å². The molecule has 1 aromatic carbocycles. The highest BCUT2D eigenvalue weighted by molar-refractivity contribution is 7.89. The number of nitrogens with zero attached hydrogens (tertiary/aromatic N) is 5. The van der Waals surface area contributed by atoms with Crippen molar-refractivity contribution < 1.29 is 23.2 Å². The number of rotatable bonds is 5. The Labute approximate surface area is 224 Å². The number of carbonyl (C=O) groups excluding carboxylic acids is 2. The van der Waals surface area contributed by atoms with Gasteiger partial charge in [-0.05, 0) is 24.3 Å². The van der Waals surface area contributed by atoms with E-state index in [1.54, 1.807) is 43.3 Å². The first-order valence-electron chi connectivity index (χ1n) is 12.1. The third-order valence-corrected chi connectivity index (χ3v) is 9.75. The van der Waals surface area contributed by atoms with Crippen molar-refractivity contribution in [2.45, 2.75) is 30.5 Å². The zero-order chi connectivity index (χ0) is 27.2. The fourth-order valence-electron chi connectivity index (χ4n) is 4.74. The molecule has 4 heterocycles. The number of piperazine rings is 1. The van der Waals surface area contributed by atoms with E-state index < -0.39 is 16.1 Å². The minimum Gasteiger partial charge on any atom is -0.349 e. The molecule has 38 heavy (non-hydrogen) atoms. The predicted molar refractivity (Wildman–Crippen MR) is 141 cm³/mol. The van der Waals surface area contributed by atoms with Crippen molar-refractivity contribution in [3.63, 3.8) is 0 Å². The summed E-state index contributed by atoms with van der Waals surface area (Å²) in [4.78, 5) is 37.5. The number of terminal acetylenes is 1. The van der Waals surface area contributed by atoms with Gasteiger partial charge in [0.1, 0.15) is 5.03 Å². The highest BCUT2D eigenvalue weighted by atomic mass is 32.2. The maximum atomic E-state index is 13.6. The second-order valence-electron chi connectivity index (χ2n) is 9.61. The first-order chi connectivity index (χ1) is 18.1. The predicted octanol–water partition coefficient (Wildman–Crippen LogP) is 1.35. The number of carbonyl (C=O) groups is 2. The first kappa shape index (κ1) is 26.3. The van der Waals surface area contributed by atoms with Gasteiger partial charge in [0.15, 0.2) is 5.01 Å². The smallest absolute Gasteiger partial charge is 0.283 e. The molecule has 2 amide bonds. The Balaban J connectivity index is 1.41. The molecule has 13 heteroatoms. The van der Waals surface area contributed by atoms with E-state index in [1.165, 1.54) is 25.6 Å². The van der Waals surface area contributed by atoms with Crippen molar-refractivity contribution in [3.05, 3.63) is 45.4 Å². The van der Waals surface area contributed by atoms with Gasteiger partial charge in [-0.1, -0.05) is 5.92 Å². The standard InChI is InChI=1S/C25H28N6O5S2/c1-4-16-5-6-19-17(11-16)12-22(26-19)38(35,36)30-9-10-31(18(14-30)13-23(32)28(2)3)25(33)24-27-20-7-8-29(34)15-21(20)37-24/h1,5-6,11-12,18,26,34H,7-10,13-15H2,2-3H3. The highest BCUT2D eigenvalue weighted by Crippen LogP contribution is 2.29. The van der Waals surface area contributed by atoms with Crippen LogP contribution in [0.3, 0.4) is 0 Å². The van der Waals surface area contributed by atoms with E-state index in [2.05, 4.69) is 15.9 Å². The number of aromatic amines is 1. The molecule has 2 aromatic heterocycles. The second kappa shape index (κ2) is 10.1. The molecule has 11 nitrogen and oxygen atoms in total. The lowest BCUT2D eigenvalue weighted by Crippen LogP contribution is -2.57. The summed E-state index contributed by atoms with van der Waals surface area (Å²) >= 11 is 1.23. The van der Waals surface area contributed by atoms with Crippen LogP contribution >= 0.6 is 11.3 Å². The van der Waals surface area contributed by atoms with Crippen LogP contribution in [0.2, 0.25) is 0 Å². The zero-order valence-corrected chi connectivity index (χ0v) is 22.7. The van der Waals surface area contributed by atoms with Gasteiger partial charge in [-0.2, -0.15) is 9.37 Å². The molecular formula is C25H28N6O5S2. The SMILES string of the molecule is C#Cc1ccc2[nH]c(S(=O)(=O)N3CCN(C(=O)c4nc5c(s4)CN(O)CC5)C(CC(=O)N(C)C)C3)cc2c1. The lowest BCUT2D eigenvalue weighted by molar-refractivity contribution is -0.130. The summed E-state index contributed by atoms with van der Waals surface area (Å²) in [6, 6.07) is 6.09. The second-order valence-corrected chi connectivity index (χ2v) is 12.6. The molecule has 0 radical (unpaired) electrons. The Kier molecular flexibility index (Phi) is 7.01. The quantitative estimate of drug-likeness (QED) is 0.454. The van der Waals surface area contributed by atoms with Gasteiger partial charge in [0, 0.05) is 74.5 Å². The number of fused-ring (bicyclic) bond motifs is 2. The van der Waals surface area contributed by atoms with Crippen LogP contribution < -0.4 is 0 Å². The molecule has 1 fully saturated rings. The molecule has 1 unspecified atom stereocenters. The number of thiazole rings is 1. The number of amides is 2. The number of hydrogen-bond donors (Lipinski definition) is 2. The van der Waals surface area contributed by atoms with Crippen molar-refractivity contribution >= 4 is 44.1 Å². The molecule has 2 aliphatic heterocycles. The number of aromatic nitrogens is 2. The van der Waals surface area contributed by atoms with Gasteiger partial charge in [0.05, 0.1) is 18.3 Å². The van der Waals surface area contributed by atoms with E-state index in [1.807, 2.05) is 0 Å². The molecule has 1 saturated heterocycles. The van der Waals surface area contributed by atoms with Crippen LogP contribution in [0.4, 0.5) is 0 Å². The Morgan fingerprint density at radius 3 is 2.79 bits per heavy atom. The molecule has 5 rings (SSSR count). The molecule has 0 saturated carbocycles. The fraction of sp³-hybridized carbons (Fsp3) is 0.400. The van der Waals surface area contributed by atoms with Gasteiger partial charge in [0.25, 0.3) is 15.9 Å². The Bertz CT molecular complexity index is 1550. The van der Waals surface area contributed by atoms with Crippen molar-refractivity contribution in [1.82, 2.24) is 29.1 Å². The Morgan fingerprint density at radius 1 is 1.26 bits per heavy atom. The van der Waals surface area contributed by atoms with Crippen LogP contribution in [0.15, 0.2) is 29.3 Å². The van der Waals surface area contributed by atoms with Crippen LogP contribution in [0.25, 0.3) is 10.9 Å². The normalized spacial score (nSPS) is 18.8. The summed E-state index contributed by atoms with van der Waals surface area (Å²) in [5, 5.41) is 12.0. The molecule has 0 spiro atoms. The molecule has 2 N–H and O–H groups in total. The average molecular weight is 557 g/mol. The van der Waals surface area contributed by atoms with Crippen molar-refractivity contribution in [1.29, 1.82) is 0 Å².